The predicted molar refractivity (Wildman–Crippen MR) is 86.7 cm³/mol. The van der Waals surface area contributed by atoms with Crippen molar-refractivity contribution in [1.82, 2.24) is 9.88 Å². The summed E-state index contributed by atoms with van der Waals surface area (Å²) in [5.41, 5.74) is 1.25. The van der Waals surface area contributed by atoms with Gasteiger partial charge in [0.15, 0.2) is 0 Å². The van der Waals surface area contributed by atoms with Gasteiger partial charge in [0.1, 0.15) is 12.1 Å². The van der Waals surface area contributed by atoms with E-state index in [0.717, 1.165) is 25.8 Å². The summed E-state index contributed by atoms with van der Waals surface area (Å²) in [6.45, 7) is 0.917. The van der Waals surface area contributed by atoms with Crippen molar-refractivity contribution in [2.75, 3.05) is 13.2 Å². The summed E-state index contributed by atoms with van der Waals surface area (Å²) < 4.78 is 18.4. The zero-order valence-corrected chi connectivity index (χ0v) is 13.4. The summed E-state index contributed by atoms with van der Waals surface area (Å²) in [4.78, 5) is 18.7. The first-order valence-corrected chi connectivity index (χ1v) is 8.28. The quantitative estimate of drug-likeness (QED) is 0.883. The topological polar surface area (TPSA) is 66.6 Å². The number of nitrogens with zero attached hydrogens (tertiary/aromatic N) is 2. The summed E-state index contributed by atoms with van der Waals surface area (Å²) in [6, 6.07) is 6.10. The fraction of sp³-hybridized carbons (Fsp3) is 0.444. The molecule has 1 unspecified atom stereocenters. The minimum atomic E-state index is -0.316. The van der Waals surface area contributed by atoms with Gasteiger partial charge < -0.3 is 14.4 Å². The molecule has 1 saturated heterocycles. The van der Waals surface area contributed by atoms with Crippen molar-refractivity contribution in [2.24, 2.45) is 0 Å². The van der Waals surface area contributed by atoms with Gasteiger partial charge in [0.05, 0.1) is 12.1 Å². The number of hydrogen-bond acceptors (Lipinski definition) is 4. The molecule has 0 bridgehead atoms. The van der Waals surface area contributed by atoms with Crippen LogP contribution >= 0.6 is 0 Å². The van der Waals surface area contributed by atoms with E-state index in [9.17, 15) is 9.18 Å². The highest BCUT2D eigenvalue weighted by atomic mass is 19.1. The number of halogens is 1. The van der Waals surface area contributed by atoms with Crippen LogP contribution in [-0.2, 0) is 11.2 Å². The minimum absolute atomic E-state index is 0.0365. The molecule has 0 radical (unpaired) electrons. The average molecular weight is 332 g/mol. The molecule has 24 heavy (non-hydrogen) atoms. The molecule has 1 atom stereocenters. The zero-order chi connectivity index (χ0) is 16.9. The Bertz CT molecular complexity index is 684. The first-order chi connectivity index (χ1) is 11.7. The highest BCUT2D eigenvalue weighted by Gasteiger charge is 2.28. The number of aromatic nitrogens is 1. The van der Waals surface area contributed by atoms with Gasteiger partial charge in [-0.3, -0.25) is 4.79 Å². The largest absolute Gasteiger partial charge is 0.444 e. The molecule has 1 aromatic carbocycles. The number of oxazole rings is 1. The third kappa shape index (κ3) is 3.82. The molecule has 6 heteroatoms. The Morgan fingerprint density at radius 1 is 1.38 bits per heavy atom. The van der Waals surface area contributed by atoms with E-state index in [1.54, 1.807) is 12.1 Å². The lowest BCUT2D eigenvalue weighted by Gasteiger charge is -2.24. The Balaban J connectivity index is 1.63. The summed E-state index contributed by atoms with van der Waals surface area (Å²) >= 11 is 0. The highest BCUT2D eigenvalue weighted by molar-refractivity contribution is 5.79. The second-order valence-corrected chi connectivity index (χ2v) is 6.08. The van der Waals surface area contributed by atoms with E-state index < -0.39 is 0 Å². The van der Waals surface area contributed by atoms with E-state index in [-0.39, 0.29) is 30.8 Å². The van der Waals surface area contributed by atoms with Crippen molar-refractivity contribution < 1.29 is 18.7 Å². The molecule has 1 fully saturated rings. The Kier molecular flexibility index (Phi) is 5.25. The second-order valence-electron chi connectivity index (χ2n) is 6.08. The number of aliphatic hydroxyl groups is 1. The van der Waals surface area contributed by atoms with Crippen LogP contribution in [0.2, 0.25) is 0 Å². The van der Waals surface area contributed by atoms with Gasteiger partial charge in [-0.2, -0.15) is 0 Å². The molecule has 1 amide bonds. The molecule has 1 aliphatic heterocycles. The lowest BCUT2D eigenvalue weighted by atomic mass is 10.1. The van der Waals surface area contributed by atoms with Crippen molar-refractivity contribution in [3.8, 4) is 11.5 Å². The highest BCUT2D eigenvalue weighted by Crippen LogP contribution is 2.23. The molecule has 0 aliphatic carbocycles. The summed E-state index contributed by atoms with van der Waals surface area (Å²) in [5, 5.41) is 8.97. The van der Waals surface area contributed by atoms with Crippen molar-refractivity contribution in [3.63, 3.8) is 0 Å². The van der Waals surface area contributed by atoms with E-state index in [0.29, 0.717) is 23.6 Å². The summed E-state index contributed by atoms with van der Waals surface area (Å²) in [7, 11) is 0. The second kappa shape index (κ2) is 7.57. The molecular formula is C18H21FN2O3. The number of carbonyl (C=O) groups excluding carboxylic acids is 1. The number of benzene rings is 1. The maximum Gasteiger partial charge on any atom is 0.228 e. The third-order valence-electron chi connectivity index (χ3n) is 4.37. The van der Waals surface area contributed by atoms with E-state index in [1.165, 1.54) is 18.4 Å². The number of carbonyl (C=O) groups is 1. The van der Waals surface area contributed by atoms with E-state index in [1.807, 2.05) is 4.90 Å². The fourth-order valence-electron chi connectivity index (χ4n) is 3.16. The van der Waals surface area contributed by atoms with Crippen LogP contribution in [0.4, 0.5) is 4.39 Å². The number of rotatable bonds is 6. The van der Waals surface area contributed by atoms with Crippen LogP contribution in [0.25, 0.3) is 11.5 Å². The fourth-order valence-corrected chi connectivity index (χ4v) is 3.16. The van der Waals surface area contributed by atoms with Crippen molar-refractivity contribution in [2.45, 2.75) is 38.1 Å². The van der Waals surface area contributed by atoms with E-state index in [4.69, 9.17) is 9.52 Å². The molecule has 0 saturated carbocycles. The van der Waals surface area contributed by atoms with Crippen LogP contribution < -0.4 is 0 Å². The van der Waals surface area contributed by atoms with Gasteiger partial charge in [-0.1, -0.05) is 0 Å². The van der Waals surface area contributed by atoms with Gasteiger partial charge in [0, 0.05) is 24.8 Å². The predicted octanol–water partition coefficient (Wildman–Crippen LogP) is 2.79. The van der Waals surface area contributed by atoms with Crippen LogP contribution in [0.1, 0.15) is 31.4 Å². The molecule has 2 heterocycles. The molecule has 0 spiro atoms. The van der Waals surface area contributed by atoms with Gasteiger partial charge in [0.2, 0.25) is 11.8 Å². The first kappa shape index (κ1) is 16.6. The third-order valence-corrected chi connectivity index (χ3v) is 4.37. The average Bonchev–Trinajstić information content (AvgIpc) is 3.23. The lowest BCUT2D eigenvalue weighted by Crippen LogP contribution is -2.36. The number of aliphatic hydroxyl groups excluding tert-OH is 1. The molecule has 128 valence electrons. The zero-order valence-electron chi connectivity index (χ0n) is 13.4. The summed E-state index contributed by atoms with van der Waals surface area (Å²) in [5.74, 6) is 0.106. The monoisotopic (exact) mass is 332 g/mol. The number of hydrogen-bond donors (Lipinski definition) is 1. The Morgan fingerprint density at radius 3 is 2.92 bits per heavy atom. The first-order valence-electron chi connectivity index (χ1n) is 8.28. The van der Waals surface area contributed by atoms with Crippen LogP contribution in [-0.4, -0.2) is 40.1 Å². The lowest BCUT2D eigenvalue weighted by molar-refractivity contribution is -0.131. The SMILES string of the molecule is O=C(Cc1coc(-c2ccc(F)cc2)n1)N1CCCC1CCCO. The van der Waals surface area contributed by atoms with Gasteiger partial charge in [-0.25, -0.2) is 9.37 Å². The maximum atomic E-state index is 13.0. The van der Waals surface area contributed by atoms with Gasteiger partial charge in [0.25, 0.3) is 0 Å². The van der Waals surface area contributed by atoms with E-state index in [2.05, 4.69) is 4.98 Å². The Morgan fingerprint density at radius 2 is 2.17 bits per heavy atom. The van der Waals surface area contributed by atoms with Gasteiger partial charge in [-0.15, -0.1) is 0 Å². The number of amides is 1. The van der Waals surface area contributed by atoms with Crippen LogP contribution in [0.15, 0.2) is 34.9 Å². The molecule has 1 aromatic heterocycles. The Hall–Kier alpha value is -2.21. The maximum absolute atomic E-state index is 13.0. The molecule has 3 rings (SSSR count). The van der Waals surface area contributed by atoms with Crippen molar-refractivity contribution >= 4 is 5.91 Å². The Labute approximate surface area is 140 Å². The normalized spacial score (nSPS) is 17.4. The van der Waals surface area contributed by atoms with Crippen molar-refractivity contribution in [3.05, 3.63) is 42.0 Å². The van der Waals surface area contributed by atoms with E-state index >= 15 is 0 Å². The number of likely N-dealkylation sites (tertiary alicyclic amines) is 1. The smallest absolute Gasteiger partial charge is 0.228 e. The van der Waals surface area contributed by atoms with Gasteiger partial charge in [-0.05, 0) is 49.9 Å². The van der Waals surface area contributed by atoms with Crippen LogP contribution in [0, 0.1) is 5.82 Å². The van der Waals surface area contributed by atoms with Gasteiger partial charge >= 0.3 is 0 Å². The molecule has 2 aromatic rings. The van der Waals surface area contributed by atoms with Crippen molar-refractivity contribution in [1.29, 1.82) is 0 Å². The minimum Gasteiger partial charge on any atom is -0.444 e. The molecular weight excluding hydrogens is 311 g/mol. The van der Waals surface area contributed by atoms with Crippen LogP contribution in [0.5, 0.6) is 0 Å². The molecule has 1 N–H and O–H groups in total. The summed E-state index contributed by atoms with van der Waals surface area (Å²) in [6.07, 6.45) is 5.22. The molecule has 1 aliphatic rings. The standard InChI is InChI=1S/C18H21FN2O3/c19-14-7-5-13(6-8-14)18-20-15(12-24-18)11-17(23)21-9-1-3-16(21)4-2-10-22/h5-8,12,16,22H,1-4,9-11H2. The van der Waals surface area contributed by atoms with Crippen LogP contribution in [0.3, 0.4) is 0 Å². The molecule has 5 nitrogen and oxygen atoms in total.